The lowest BCUT2D eigenvalue weighted by atomic mass is 9.96. The van der Waals surface area contributed by atoms with Crippen LogP contribution in [0.1, 0.15) is 139 Å². The summed E-state index contributed by atoms with van der Waals surface area (Å²) in [4.78, 5) is 189. The van der Waals surface area contributed by atoms with E-state index in [-0.39, 0.29) is 75.3 Å². The number of carboxylic acid groups (broad SMARTS) is 2. The minimum atomic E-state index is -1.58. The molecule has 498 valence electrons. The van der Waals surface area contributed by atoms with Crippen LogP contribution in [0.15, 0.2) is 4.99 Å². The average Bonchev–Trinajstić information content (AvgIpc) is 4.10. The summed E-state index contributed by atoms with van der Waals surface area (Å²) in [6, 6.07) is -13.3. The van der Waals surface area contributed by atoms with Crippen LogP contribution in [0.4, 0.5) is 0 Å². The van der Waals surface area contributed by atoms with Gasteiger partial charge in [0, 0.05) is 25.9 Å². The molecule has 0 radical (unpaired) electrons. The SMILES string of the molecule is CC[C@H](C)[C@H](NC(=O)[C@H](C)NC(=O)[C@H](CC(C)C)NC(=O)[C@H](CCC(=O)O)NC(=O)[C@H](CC(C)C)NC(=O)[C@@H](N)CCCN=C(N)N)C(=O)N1CCC[C@H]1C(=O)N[C@@H](CC(C)C)C(=O)N[C@@H](CCC(N)=O)C(=O)NCC(=O)N[C@@H](CO)C(=O)NCC(=O)O. The maximum atomic E-state index is 14.5. The Balaban J connectivity index is 3.33. The second-order valence-electron chi connectivity index (χ2n) is 23.1. The second kappa shape index (κ2) is 39.5. The van der Waals surface area contributed by atoms with Crippen LogP contribution in [-0.4, -0.2) is 202 Å². The minimum Gasteiger partial charge on any atom is -0.481 e. The third kappa shape index (κ3) is 29.4. The number of aliphatic imine (C=N–C) groups is 1. The number of carboxylic acids is 2. The van der Waals surface area contributed by atoms with Crippen LogP contribution in [0.5, 0.6) is 0 Å². The summed E-state index contributed by atoms with van der Waals surface area (Å²) in [5.41, 5.74) is 22.1. The van der Waals surface area contributed by atoms with Crippen molar-refractivity contribution in [2.75, 3.05) is 32.8 Å². The maximum Gasteiger partial charge on any atom is 0.322 e. The zero-order valence-electron chi connectivity index (χ0n) is 51.9. The summed E-state index contributed by atoms with van der Waals surface area (Å²) < 4.78 is 0. The van der Waals surface area contributed by atoms with E-state index in [1.54, 1.807) is 55.4 Å². The van der Waals surface area contributed by atoms with Crippen LogP contribution in [0.2, 0.25) is 0 Å². The van der Waals surface area contributed by atoms with Crippen molar-refractivity contribution in [3.63, 3.8) is 0 Å². The van der Waals surface area contributed by atoms with Crippen molar-refractivity contribution in [2.24, 2.45) is 51.6 Å². The molecule has 0 unspecified atom stereocenters. The summed E-state index contributed by atoms with van der Waals surface area (Å²) in [7, 11) is 0. The molecule has 0 aliphatic carbocycles. The number of carbonyl (C=O) groups is 14. The Hall–Kier alpha value is -8.23. The Bertz CT molecular complexity index is 2460. The molecule has 1 aliphatic rings. The lowest BCUT2D eigenvalue weighted by Gasteiger charge is -2.33. The number of guanidine groups is 1. The van der Waals surface area contributed by atoms with Crippen LogP contribution >= 0.6 is 0 Å². The van der Waals surface area contributed by atoms with E-state index in [4.69, 9.17) is 28.0 Å². The van der Waals surface area contributed by atoms with E-state index in [2.05, 4.69) is 52.8 Å². The highest BCUT2D eigenvalue weighted by Crippen LogP contribution is 2.23. The van der Waals surface area contributed by atoms with Crippen LogP contribution < -0.4 is 76.1 Å². The Labute approximate surface area is 512 Å². The Morgan fingerprint density at radius 3 is 1.52 bits per heavy atom. The van der Waals surface area contributed by atoms with Crippen LogP contribution in [0, 0.1) is 23.7 Å². The van der Waals surface area contributed by atoms with Gasteiger partial charge in [-0.25, -0.2) is 0 Å². The smallest absolute Gasteiger partial charge is 0.322 e. The molecule has 1 heterocycles. The van der Waals surface area contributed by atoms with Crippen molar-refractivity contribution in [2.45, 2.75) is 200 Å². The first-order valence-electron chi connectivity index (χ1n) is 29.5. The highest BCUT2D eigenvalue weighted by Gasteiger charge is 2.42. The summed E-state index contributed by atoms with van der Waals surface area (Å²) in [5.74, 6) is -14.2. The number of likely N-dealkylation sites (tertiary alicyclic amines) is 1. The van der Waals surface area contributed by atoms with Crippen molar-refractivity contribution in [3.05, 3.63) is 0 Å². The van der Waals surface area contributed by atoms with E-state index >= 15 is 0 Å². The normalized spacial score (nSPS) is 16.3. The van der Waals surface area contributed by atoms with Gasteiger partial charge in [-0.05, 0) is 88.4 Å². The number of aliphatic carboxylic acids is 2. The summed E-state index contributed by atoms with van der Waals surface area (Å²) in [5, 5.41) is 52.5. The standard InChI is InChI=1S/C55H96N16O17/c1-10-30(8)44(54(88)71-20-12-14-39(71)53(87)69-37(23-29(6)7)52(86)65-33(15-17-40(57)73)47(81)61-24-41(74)64-38(26-72)48(82)62-25-43(77)78)70-45(79)31(9)63-50(84)35(21-27(2)3)68-49(83)34(16-18-42(75)76)66-51(85)36(22-28(4)5)67-46(80)32(56)13-11-19-60-55(58)59/h27-39,44,72H,10-26,56H2,1-9H3,(H2,57,73)(H,61,81)(H,62,82)(H,63,84)(H,64,74)(H,65,86)(H,66,85)(H,67,80)(H,68,83)(H,69,87)(H,70,79)(H,75,76)(H,77,78)(H4,58,59,60)/t30-,31-,32-,33-,34-,35-,36-,37-,38-,39-,44-/m0/s1. The van der Waals surface area contributed by atoms with Crippen LogP contribution in [0.25, 0.3) is 0 Å². The topological polar surface area (TPSA) is 540 Å². The van der Waals surface area contributed by atoms with Gasteiger partial charge in [-0.15, -0.1) is 0 Å². The molecule has 0 saturated carbocycles. The zero-order valence-corrected chi connectivity index (χ0v) is 51.9. The number of primary amides is 1. The molecule has 88 heavy (non-hydrogen) atoms. The molecule has 0 aromatic heterocycles. The van der Waals surface area contributed by atoms with Gasteiger partial charge >= 0.3 is 11.9 Å². The second-order valence-corrected chi connectivity index (χ2v) is 23.1. The fourth-order valence-corrected chi connectivity index (χ4v) is 9.05. The van der Waals surface area contributed by atoms with Gasteiger partial charge in [0.1, 0.15) is 60.9 Å². The van der Waals surface area contributed by atoms with Gasteiger partial charge in [-0.3, -0.25) is 72.1 Å². The van der Waals surface area contributed by atoms with Gasteiger partial charge in [-0.2, -0.15) is 0 Å². The zero-order chi connectivity index (χ0) is 67.1. The maximum absolute atomic E-state index is 14.5. The predicted octanol–water partition coefficient (Wildman–Crippen LogP) is -5.12. The molecular weight excluding hydrogens is 1160 g/mol. The number of hydrogen-bond donors (Lipinski definition) is 17. The number of rotatable bonds is 41. The van der Waals surface area contributed by atoms with E-state index in [1.807, 2.05) is 5.32 Å². The molecule has 0 aromatic rings. The van der Waals surface area contributed by atoms with E-state index in [9.17, 15) is 77.3 Å². The number of nitrogens with one attached hydrogen (secondary N) is 10. The van der Waals surface area contributed by atoms with Gasteiger partial charge in [0.05, 0.1) is 19.2 Å². The number of nitrogens with two attached hydrogens (primary N) is 4. The molecule has 0 aromatic carbocycles. The number of carbonyl (C=O) groups excluding carboxylic acids is 12. The summed E-state index contributed by atoms with van der Waals surface area (Å²) in [6.45, 7) is 13.1. The van der Waals surface area contributed by atoms with Crippen LogP contribution in [-0.2, 0) is 67.1 Å². The predicted molar refractivity (Wildman–Crippen MR) is 318 cm³/mol. The van der Waals surface area contributed by atoms with E-state index in [1.165, 1.54) is 11.8 Å². The lowest BCUT2D eigenvalue weighted by Crippen LogP contribution is -2.61. The molecule has 1 fully saturated rings. The highest BCUT2D eigenvalue weighted by molar-refractivity contribution is 5.99. The Morgan fingerprint density at radius 2 is 1.02 bits per heavy atom. The Morgan fingerprint density at radius 1 is 0.545 bits per heavy atom. The molecule has 0 spiro atoms. The molecular formula is C55H96N16O17. The van der Waals surface area contributed by atoms with E-state index in [0.29, 0.717) is 19.3 Å². The number of aliphatic hydroxyl groups excluding tert-OH is 1. The summed E-state index contributed by atoms with van der Waals surface area (Å²) in [6.07, 6.45) is -0.294. The molecule has 33 heteroatoms. The molecule has 0 bridgehead atoms. The first-order chi connectivity index (χ1) is 41.1. The lowest BCUT2D eigenvalue weighted by molar-refractivity contribution is -0.143. The van der Waals surface area contributed by atoms with Gasteiger partial charge in [0.15, 0.2) is 5.96 Å². The molecule has 33 nitrogen and oxygen atoms in total. The van der Waals surface area contributed by atoms with Crippen molar-refractivity contribution in [1.82, 2.24) is 58.1 Å². The fourth-order valence-electron chi connectivity index (χ4n) is 9.05. The number of hydrogen-bond acceptors (Lipinski definition) is 17. The highest BCUT2D eigenvalue weighted by atomic mass is 16.4. The molecule has 11 atom stereocenters. The monoisotopic (exact) mass is 1250 g/mol. The largest absolute Gasteiger partial charge is 0.481 e. The summed E-state index contributed by atoms with van der Waals surface area (Å²) >= 11 is 0. The van der Waals surface area contributed by atoms with Crippen molar-refractivity contribution in [1.29, 1.82) is 0 Å². The van der Waals surface area contributed by atoms with Gasteiger partial charge in [0.25, 0.3) is 0 Å². The van der Waals surface area contributed by atoms with E-state index < -0.39 is 188 Å². The number of nitrogens with zero attached hydrogens (tertiary/aromatic N) is 2. The molecule has 1 aliphatic heterocycles. The molecule has 1 saturated heterocycles. The van der Waals surface area contributed by atoms with Crippen LogP contribution in [0.3, 0.4) is 0 Å². The first-order valence-corrected chi connectivity index (χ1v) is 29.5. The molecule has 21 N–H and O–H groups in total. The van der Waals surface area contributed by atoms with Gasteiger partial charge in [-0.1, -0.05) is 61.8 Å². The van der Waals surface area contributed by atoms with E-state index in [0.717, 1.165) is 0 Å². The molecule has 12 amide bonds. The number of amides is 12. The average molecular weight is 1250 g/mol. The van der Waals surface area contributed by atoms with Crippen molar-refractivity contribution in [3.8, 4) is 0 Å². The third-order valence-electron chi connectivity index (χ3n) is 14.0. The van der Waals surface area contributed by atoms with Gasteiger partial charge < -0.3 is 96.3 Å². The number of aliphatic hydroxyl groups is 1. The first kappa shape index (κ1) is 77.8. The fraction of sp³-hybridized carbons (Fsp3) is 0.727. The third-order valence-corrected chi connectivity index (χ3v) is 14.0. The molecule has 1 rings (SSSR count). The van der Waals surface area contributed by atoms with Crippen molar-refractivity contribution >= 4 is 88.8 Å². The Kier molecular flexibility index (Phi) is 34.9. The van der Waals surface area contributed by atoms with Crippen molar-refractivity contribution < 1.29 is 82.4 Å². The minimum absolute atomic E-state index is 0.00712. The quantitative estimate of drug-likeness (QED) is 0.0155. The van der Waals surface area contributed by atoms with Gasteiger partial charge in [0.2, 0.25) is 70.9 Å².